The number of para-hydroxylation sites is 1. The Morgan fingerprint density at radius 1 is 1.19 bits per heavy atom. The SMILES string of the molecule is CC1(c2ccccc2F)NC(=O)N(CC(=O)Nc2ccccc2Cl)C1=O. The number of hydrogen-bond donors (Lipinski definition) is 2. The molecule has 1 saturated heterocycles. The maximum absolute atomic E-state index is 14.1. The lowest BCUT2D eigenvalue weighted by Crippen LogP contribution is -2.42. The first kappa shape index (κ1) is 17.9. The van der Waals surface area contributed by atoms with Gasteiger partial charge in [0.15, 0.2) is 0 Å². The van der Waals surface area contributed by atoms with Crippen LogP contribution >= 0.6 is 11.6 Å². The van der Waals surface area contributed by atoms with Crippen molar-refractivity contribution in [1.29, 1.82) is 0 Å². The Morgan fingerprint density at radius 2 is 1.85 bits per heavy atom. The number of nitrogens with one attached hydrogen (secondary N) is 2. The molecule has 1 aliphatic heterocycles. The minimum atomic E-state index is -1.58. The lowest BCUT2D eigenvalue weighted by molar-refractivity contribution is -0.133. The molecule has 0 bridgehead atoms. The maximum atomic E-state index is 14.1. The molecule has 1 atom stereocenters. The molecule has 0 radical (unpaired) electrons. The van der Waals surface area contributed by atoms with Gasteiger partial charge in [-0.05, 0) is 25.1 Å². The highest BCUT2D eigenvalue weighted by molar-refractivity contribution is 6.33. The van der Waals surface area contributed by atoms with Crippen LogP contribution in [-0.4, -0.2) is 29.3 Å². The topological polar surface area (TPSA) is 78.5 Å². The van der Waals surface area contributed by atoms with Crippen LogP contribution in [0.1, 0.15) is 12.5 Å². The Bertz CT molecular complexity index is 905. The first-order chi connectivity index (χ1) is 12.3. The highest BCUT2D eigenvalue weighted by Gasteiger charge is 2.50. The van der Waals surface area contributed by atoms with E-state index in [1.165, 1.54) is 25.1 Å². The number of imide groups is 1. The van der Waals surface area contributed by atoms with Crippen molar-refractivity contribution in [2.75, 3.05) is 11.9 Å². The highest BCUT2D eigenvalue weighted by atomic mass is 35.5. The molecule has 0 spiro atoms. The summed E-state index contributed by atoms with van der Waals surface area (Å²) < 4.78 is 14.1. The van der Waals surface area contributed by atoms with Crippen molar-refractivity contribution in [3.8, 4) is 0 Å². The Balaban J connectivity index is 1.78. The van der Waals surface area contributed by atoms with Crippen molar-refractivity contribution in [3.63, 3.8) is 0 Å². The number of hydrogen-bond acceptors (Lipinski definition) is 3. The van der Waals surface area contributed by atoms with E-state index in [2.05, 4.69) is 10.6 Å². The van der Waals surface area contributed by atoms with Gasteiger partial charge in [0.1, 0.15) is 17.9 Å². The van der Waals surface area contributed by atoms with E-state index in [9.17, 15) is 18.8 Å². The molecule has 0 saturated carbocycles. The number of carbonyl (C=O) groups is 3. The third-order valence-electron chi connectivity index (χ3n) is 4.14. The smallest absolute Gasteiger partial charge is 0.323 e. The predicted molar refractivity (Wildman–Crippen MR) is 94.1 cm³/mol. The van der Waals surface area contributed by atoms with Crippen molar-refractivity contribution in [1.82, 2.24) is 10.2 Å². The summed E-state index contributed by atoms with van der Waals surface area (Å²) in [4.78, 5) is 37.9. The molecule has 1 unspecified atom stereocenters. The summed E-state index contributed by atoms with van der Waals surface area (Å²) in [6.45, 7) is 0.886. The van der Waals surface area contributed by atoms with Gasteiger partial charge in [-0.3, -0.25) is 14.5 Å². The molecule has 2 aromatic carbocycles. The highest BCUT2D eigenvalue weighted by Crippen LogP contribution is 2.30. The van der Waals surface area contributed by atoms with Crippen LogP contribution < -0.4 is 10.6 Å². The Kier molecular flexibility index (Phi) is 4.65. The van der Waals surface area contributed by atoms with Gasteiger partial charge in [-0.25, -0.2) is 9.18 Å². The van der Waals surface area contributed by atoms with Gasteiger partial charge < -0.3 is 10.6 Å². The molecule has 134 valence electrons. The summed E-state index contributed by atoms with van der Waals surface area (Å²) in [5, 5.41) is 5.33. The summed E-state index contributed by atoms with van der Waals surface area (Å²) in [6, 6.07) is 11.5. The zero-order valence-electron chi connectivity index (χ0n) is 13.8. The van der Waals surface area contributed by atoms with E-state index >= 15 is 0 Å². The van der Waals surface area contributed by atoms with Crippen molar-refractivity contribution >= 4 is 35.1 Å². The predicted octanol–water partition coefficient (Wildman–Crippen LogP) is 2.88. The monoisotopic (exact) mass is 375 g/mol. The largest absolute Gasteiger partial charge is 0.325 e. The van der Waals surface area contributed by atoms with Gasteiger partial charge in [0.2, 0.25) is 5.91 Å². The van der Waals surface area contributed by atoms with E-state index in [4.69, 9.17) is 11.6 Å². The van der Waals surface area contributed by atoms with Crippen LogP contribution in [-0.2, 0) is 15.1 Å². The molecule has 1 aliphatic rings. The summed E-state index contributed by atoms with van der Waals surface area (Å²) in [7, 11) is 0. The number of nitrogens with zero attached hydrogens (tertiary/aromatic N) is 1. The number of halogens is 2. The average Bonchev–Trinajstić information content (AvgIpc) is 2.81. The second-order valence-corrected chi connectivity index (χ2v) is 6.36. The number of benzene rings is 2. The minimum Gasteiger partial charge on any atom is -0.323 e. The molecule has 2 N–H and O–H groups in total. The third-order valence-corrected chi connectivity index (χ3v) is 4.47. The number of amides is 4. The second-order valence-electron chi connectivity index (χ2n) is 5.95. The molecule has 0 aromatic heterocycles. The average molecular weight is 376 g/mol. The molecule has 3 rings (SSSR count). The van der Waals surface area contributed by atoms with Gasteiger partial charge in [0.25, 0.3) is 5.91 Å². The number of anilines is 1. The molecule has 26 heavy (non-hydrogen) atoms. The first-order valence-corrected chi connectivity index (χ1v) is 8.14. The quantitative estimate of drug-likeness (QED) is 0.806. The standard InChI is InChI=1S/C18H15ClFN3O3/c1-18(11-6-2-4-8-13(11)20)16(25)23(17(26)22-18)10-15(24)21-14-9-5-3-7-12(14)19/h2-9H,10H2,1H3,(H,21,24)(H,22,26). The van der Waals surface area contributed by atoms with Gasteiger partial charge in [-0.15, -0.1) is 0 Å². The zero-order chi connectivity index (χ0) is 18.9. The molecule has 8 heteroatoms. The van der Waals surface area contributed by atoms with Crippen molar-refractivity contribution in [2.24, 2.45) is 0 Å². The van der Waals surface area contributed by atoms with E-state index in [1.807, 2.05) is 0 Å². The fraction of sp³-hybridized carbons (Fsp3) is 0.167. The van der Waals surface area contributed by atoms with Crippen molar-refractivity contribution in [2.45, 2.75) is 12.5 Å². The lowest BCUT2D eigenvalue weighted by atomic mass is 9.91. The van der Waals surface area contributed by atoms with Crippen LogP contribution in [0.25, 0.3) is 0 Å². The first-order valence-electron chi connectivity index (χ1n) is 7.76. The Labute approximate surface area is 153 Å². The molecule has 0 aliphatic carbocycles. The minimum absolute atomic E-state index is 0.0346. The zero-order valence-corrected chi connectivity index (χ0v) is 14.5. The molecule has 4 amide bonds. The van der Waals surface area contributed by atoms with E-state index in [0.29, 0.717) is 10.7 Å². The third kappa shape index (κ3) is 3.13. The van der Waals surface area contributed by atoms with Gasteiger partial charge in [0, 0.05) is 5.56 Å². The Morgan fingerprint density at radius 3 is 2.54 bits per heavy atom. The molecular weight excluding hydrogens is 361 g/mol. The maximum Gasteiger partial charge on any atom is 0.325 e. The number of urea groups is 1. The van der Waals surface area contributed by atoms with E-state index in [-0.39, 0.29) is 5.56 Å². The fourth-order valence-electron chi connectivity index (χ4n) is 2.79. The fourth-order valence-corrected chi connectivity index (χ4v) is 2.97. The van der Waals surface area contributed by atoms with Crippen LogP contribution in [0.5, 0.6) is 0 Å². The number of rotatable bonds is 4. The summed E-state index contributed by atoms with van der Waals surface area (Å²) in [5.41, 5.74) is -1.18. The van der Waals surface area contributed by atoms with E-state index in [0.717, 1.165) is 4.90 Å². The van der Waals surface area contributed by atoms with Crippen LogP contribution in [0, 0.1) is 5.82 Å². The Hall–Kier alpha value is -2.93. The normalized spacial score (nSPS) is 19.4. The van der Waals surface area contributed by atoms with Gasteiger partial charge in [-0.1, -0.05) is 41.9 Å². The van der Waals surface area contributed by atoms with E-state index in [1.54, 1.807) is 30.3 Å². The van der Waals surface area contributed by atoms with Crippen LogP contribution in [0.4, 0.5) is 14.9 Å². The van der Waals surface area contributed by atoms with Crippen molar-refractivity contribution in [3.05, 3.63) is 64.9 Å². The molecule has 1 heterocycles. The molecule has 2 aromatic rings. The van der Waals surface area contributed by atoms with Crippen LogP contribution in [0.15, 0.2) is 48.5 Å². The van der Waals surface area contributed by atoms with Crippen molar-refractivity contribution < 1.29 is 18.8 Å². The van der Waals surface area contributed by atoms with Gasteiger partial charge in [-0.2, -0.15) is 0 Å². The van der Waals surface area contributed by atoms with Crippen LogP contribution in [0.3, 0.4) is 0 Å². The molecule has 1 fully saturated rings. The van der Waals surface area contributed by atoms with Crippen LogP contribution in [0.2, 0.25) is 5.02 Å². The summed E-state index contributed by atoms with van der Waals surface area (Å²) in [6.07, 6.45) is 0. The summed E-state index contributed by atoms with van der Waals surface area (Å²) >= 11 is 5.97. The second kappa shape index (κ2) is 6.76. The van der Waals surface area contributed by atoms with E-state index < -0.39 is 35.7 Å². The molecule has 6 nitrogen and oxygen atoms in total. The van der Waals surface area contributed by atoms with Gasteiger partial charge in [0.05, 0.1) is 10.7 Å². The van der Waals surface area contributed by atoms with Gasteiger partial charge >= 0.3 is 6.03 Å². The number of carbonyl (C=O) groups excluding carboxylic acids is 3. The molecular formula is C18H15ClFN3O3. The summed E-state index contributed by atoms with van der Waals surface area (Å²) in [5.74, 6) is -1.92. The lowest BCUT2D eigenvalue weighted by Gasteiger charge is -2.22.